The highest BCUT2D eigenvalue weighted by molar-refractivity contribution is 14.1. The maximum absolute atomic E-state index is 8.89. The normalized spacial score (nSPS) is 9.71. The molecule has 0 saturated carbocycles. The van der Waals surface area contributed by atoms with E-state index in [0.29, 0.717) is 5.56 Å². The van der Waals surface area contributed by atoms with Crippen LogP contribution in [0.5, 0.6) is 5.75 Å². The van der Waals surface area contributed by atoms with E-state index in [-0.39, 0.29) is 0 Å². The van der Waals surface area contributed by atoms with E-state index < -0.39 is 0 Å². The lowest BCUT2D eigenvalue weighted by Crippen LogP contribution is -1.87. The highest BCUT2D eigenvalue weighted by Crippen LogP contribution is 2.28. The van der Waals surface area contributed by atoms with Crippen molar-refractivity contribution in [2.75, 3.05) is 7.11 Å². The number of rotatable bonds is 2. The van der Waals surface area contributed by atoms with E-state index in [0.717, 1.165) is 20.4 Å². The fraction of sp³-hybridized carbons (Fsp3) is 0.0714. The molecule has 0 heterocycles. The van der Waals surface area contributed by atoms with Gasteiger partial charge in [-0.2, -0.15) is 5.26 Å². The van der Waals surface area contributed by atoms with Crippen molar-refractivity contribution in [1.82, 2.24) is 0 Å². The molecule has 0 aliphatic carbocycles. The first-order valence-electron chi connectivity index (χ1n) is 5.08. The van der Waals surface area contributed by atoms with E-state index in [4.69, 9.17) is 10.00 Å². The van der Waals surface area contributed by atoms with Crippen molar-refractivity contribution in [3.05, 3.63) is 51.6 Å². The number of nitrogens with zero attached hydrogens (tertiary/aromatic N) is 1. The van der Waals surface area contributed by atoms with Gasteiger partial charge in [-0.25, -0.2) is 0 Å². The highest BCUT2D eigenvalue weighted by Gasteiger charge is 2.05. The molecule has 0 aromatic heterocycles. The Morgan fingerprint density at radius 3 is 2.65 bits per heavy atom. The van der Waals surface area contributed by atoms with Gasteiger partial charge in [0.05, 0.1) is 18.7 Å². The lowest BCUT2D eigenvalue weighted by Gasteiger charge is -2.07. The molecule has 3 heteroatoms. The van der Waals surface area contributed by atoms with Crippen LogP contribution in [-0.4, -0.2) is 7.11 Å². The molecule has 2 aromatic rings. The summed E-state index contributed by atoms with van der Waals surface area (Å²) in [4.78, 5) is 0. The van der Waals surface area contributed by atoms with Gasteiger partial charge in [0.25, 0.3) is 0 Å². The second-order valence-corrected chi connectivity index (χ2v) is 4.70. The summed E-state index contributed by atoms with van der Waals surface area (Å²) < 4.78 is 6.28. The molecular weight excluding hydrogens is 325 g/mol. The molecule has 2 nitrogen and oxygen atoms in total. The van der Waals surface area contributed by atoms with Gasteiger partial charge in [0, 0.05) is 3.57 Å². The summed E-state index contributed by atoms with van der Waals surface area (Å²) in [5.74, 6) is 0.842. The molecule has 0 aliphatic heterocycles. The molecule has 0 unspecified atom stereocenters. The topological polar surface area (TPSA) is 33.0 Å². The molecule has 0 N–H and O–H groups in total. The first kappa shape index (κ1) is 11.9. The number of hydrogen-bond acceptors (Lipinski definition) is 2. The van der Waals surface area contributed by atoms with Gasteiger partial charge in [-0.15, -0.1) is 0 Å². The van der Waals surface area contributed by atoms with Gasteiger partial charge in [0.2, 0.25) is 0 Å². The SMILES string of the molecule is COc1ccc(-c2cccc(C#N)c2)c(I)c1. The largest absolute Gasteiger partial charge is 0.497 e. The molecule has 2 aromatic carbocycles. The Morgan fingerprint density at radius 1 is 1.18 bits per heavy atom. The van der Waals surface area contributed by atoms with Crippen molar-refractivity contribution in [3.63, 3.8) is 0 Å². The van der Waals surface area contributed by atoms with Crippen LogP contribution < -0.4 is 4.74 Å². The Labute approximate surface area is 114 Å². The van der Waals surface area contributed by atoms with Gasteiger partial charge in [0.1, 0.15) is 5.75 Å². The molecule has 2 rings (SSSR count). The average Bonchev–Trinajstić information content (AvgIpc) is 2.38. The number of hydrogen-bond donors (Lipinski definition) is 0. The minimum atomic E-state index is 0.675. The monoisotopic (exact) mass is 335 g/mol. The smallest absolute Gasteiger partial charge is 0.119 e. The first-order chi connectivity index (χ1) is 8.24. The van der Waals surface area contributed by atoms with E-state index >= 15 is 0 Å². The lowest BCUT2D eigenvalue weighted by atomic mass is 10.0. The predicted molar refractivity (Wildman–Crippen MR) is 75.9 cm³/mol. The molecule has 84 valence electrons. The van der Waals surface area contributed by atoms with E-state index in [1.807, 2.05) is 36.4 Å². The fourth-order valence-corrected chi connectivity index (χ4v) is 2.41. The van der Waals surface area contributed by atoms with E-state index in [1.54, 1.807) is 13.2 Å². The van der Waals surface area contributed by atoms with Crippen molar-refractivity contribution in [1.29, 1.82) is 5.26 Å². The zero-order valence-corrected chi connectivity index (χ0v) is 11.4. The van der Waals surface area contributed by atoms with E-state index in [9.17, 15) is 0 Å². The lowest BCUT2D eigenvalue weighted by molar-refractivity contribution is 0.414. The number of methoxy groups -OCH3 is 1. The summed E-state index contributed by atoms with van der Waals surface area (Å²) in [6, 6.07) is 15.7. The van der Waals surface area contributed by atoms with Gasteiger partial charge in [0.15, 0.2) is 0 Å². The number of halogens is 1. The first-order valence-corrected chi connectivity index (χ1v) is 6.16. The van der Waals surface area contributed by atoms with Crippen molar-refractivity contribution < 1.29 is 4.74 Å². The summed E-state index contributed by atoms with van der Waals surface area (Å²) in [5.41, 5.74) is 2.84. The Kier molecular flexibility index (Phi) is 3.64. The number of benzene rings is 2. The second kappa shape index (κ2) is 5.19. The third kappa shape index (κ3) is 2.59. The maximum atomic E-state index is 8.89. The fourth-order valence-electron chi connectivity index (χ4n) is 1.61. The number of ether oxygens (including phenoxy) is 1. The summed E-state index contributed by atoms with van der Waals surface area (Å²) >= 11 is 2.27. The molecule has 0 fully saturated rings. The van der Waals surface area contributed by atoms with E-state index in [2.05, 4.69) is 28.7 Å². The van der Waals surface area contributed by atoms with Crippen molar-refractivity contribution in [3.8, 4) is 22.9 Å². The minimum absolute atomic E-state index is 0.675. The molecule has 17 heavy (non-hydrogen) atoms. The van der Waals surface area contributed by atoms with Crippen LogP contribution in [0.4, 0.5) is 0 Å². The van der Waals surface area contributed by atoms with Gasteiger partial charge < -0.3 is 4.74 Å². The van der Waals surface area contributed by atoms with Crippen molar-refractivity contribution in [2.45, 2.75) is 0 Å². The Hall–Kier alpha value is -1.54. The standard InChI is InChI=1S/C14H10INO/c1-17-12-5-6-13(14(15)8-12)11-4-2-3-10(7-11)9-16/h2-8H,1H3. The maximum Gasteiger partial charge on any atom is 0.119 e. The van der Waals surface area contributed by atoms with Crippen LogP contribution in [0, 0.1) is 14.9 Å². The molecular formula is C14H10INO. The van der Waals surface area contributed by atoms with Gasteiger partial charge in [-0.1, -0.05) is 12.1 Å². The van der Waals surface area contributed by atoms with Crippen LogP contribution in [0.3, 0.4) is 0 Å². The van der Waals surface area contributed by atoms with Crippen LogP contribution in [0.2, 0.25) is 0 Å². The van der Waals surface area contributed by atoms with Crippen LogP contribution in [-0.2, 0) is 0 Å². The van der Waals surface area contributed by atoms with Crippen LogP contribution in [0.25, 0.3) is 11.1 Å². The summed E-state index contributed by atoms with van der Waals surface area (Å²) in [5, 5.41) is 8.89. The van der Waals surface area contributed by atoms with Gasteiger partial charge in [-0.05, 0) is 64.0 Å². The van der Waals surface area contributed by atoms with Crippen LogP contribution >= 0.6 is 22.6 Å². The predicted octanol–water partition coefficient (Wildman–Crippen LogP) is 3.84. The third-order valence-electron chi connectivity index (χ3n) is 2.48. The highest BCUT2D eigenvalue weighted by atomic mass is 127. The molecule has 0 radical (unpaired) electrons. The molecule has 0 amide bonds. The summed E-state index contributed by atoms with van der Waals surface area (Å²) in [7, 11) is 1.65. The van der Waals surface area contributed by atoms with Crippen LogP contribution in [0.15, 0.2) is 42.5 Å². The Bertz CT molecular complexity index is 587. The van der Waals surface area contributed by atoms with Crippen LogP contribution in [0.1, 0.15) is 5.56 Å². The van der Waals surface area contributed by atoms with Crippen molar-refractivity contribution in [2.24, 2.45) is 0 Å². The minimum Gasteiger partial charge on any atom is -0.497 e. The molecule has 0 aliphatic rings. The molecule has 0 saturated heterocycles. The van der Waals surface area contributed by atoms with Gasteiger partial charge >= 0.3 is 0 Å². The van der Waals surface area contributed by atoms with E-state index in [1.165, 1.54) is 0 Å². The zero-order chi connectivity index (χ0) is 12.3. The molecule has 0 bridgehead atoms. The molecule has 0 atom stereocenters. The second-order valence-electron chi connectivity index (χ2n) is 3.54. The third-order valence-corrected chi connectivity index (χ3v) is 3.37. The Morgan fingerprint density at radius 2 is 2.00 bits per heavy atom. The summed E-state index contributed by atoms with van der Waals surface area (Å²) in [6.07, 6.45) is 0. The Balaban J connectivity index is 2.49. The quantitative estimate of drug-likeness (QED) is 0.782. The molecule has 0 spiro atoms. The average molecular weight is 335 g/mol. The zero-order valence-electron chi connectivity index (χ0n) is 9.27. The number of nitriles is 1. The van der Waals surface area contributed by atoms with Gasteiger partial charge in [-0.3, -0.25) is 0 Å². The van der Waals surface area contributed by atoms with Crippen molar-refractivity contribution >= 4 is 22.6 Å². The summed E-state index contributed by atoms with van der Waals surface area (Å²) in [6.45, 7) is 0.